The van der Waals surface area contributed by atoms with Crippen molar-refractivity contribution in [3.05, 3.63) is 25.3 Å². The highest BCUT2D eigenvalue weighted by atomic mass is 15.1. The van der Waals surface area contributed by atoms with E-state index >= 15 is 0 Å². The van der Waals surface area contributed by atoms with Crippen molar-refractivity contribution < 1.29 is 0 Å². The Morgan fingerprint density at radius 2 is 1.69 bits per heavy atom. The summed E-state index contributed by atoms with van der Waals surface area (Å²) in [5.74, 6) is 0. The summed E-state index contributed by atoms with van der Waals surface area (Å²) in [7, 11) is 2.04. The Labute approximate surface area is 101 Å². The molecular weight excluding hydrogens is 196 g/mol. The molecule has 0 heterocycles. The predicted octanol–water partition coefficient (Wildman–Crippen LogP) is 2.68. The molecule has 0 amide bonds. The average Bonchev–Trinajstić information content (AvgIpc) is 2.17. The van der Waals surface area contributed by atoms with Crippen LogP contribution >= 0.6 is 0 Å². The van der Waals surface area contributed by atoms with E-state index in [1.54, 1.807) is 0 Å². The van der Waals surface area contributed by atoms with Gasteiger partial charge in [0.1, 0.15) is 0 Å². The van der Waals surface area contributed by atoms with Gasteiger partial charge in [-0.1, -0.05) is 32.9 Å². The molecule has 0 radical (unpaired) electrons. The normalized spacial score (nSPS) is 13.8. The van der Waals surface area contributed by atoms with E-state index in [0.29, 0.717) is 11.5 Å². The van der Waals surface area contributed by atoms with E-state index in [9.17, 15) is 0 Å². The summed E-state index contributed by atoms with van der Waals surface area (Å²) in [4.78, 5) is 2.36. The van der Waals surface area contributed by atoms with Gasteiger partial charge in [-0.2, -0.15) is 0 Å². The van der Waals surface area contributed by atoms with E-state index in [1.165, 1.54) is 0 Å². The predicted molar refractivity (Wildman–Crippen MR) is 73.8 cm³/mol. The average molecular weight is 224 g/mol. The molecule has 2 nitrogen and oxygen atoms in total. The van der Waals surface area contributed by atoms with Crippen molar-refractivity contribution in [2.75, 3.05) is 26.7 Å². The highest BCUT2D eigenvalue weighted by molar-refractivity contribution is 4.84. The van der Waals surface area contributed by atoms with Gasteiger partial charge in [-0.25, -0.2) is 0 Å². The van der Waals surface area contributed by atoms with E-state index in [-0.39, 0.29) is 0 Å². The molecule has 94 valence electrons. The molecule has 0 fully saturated rings. The van der Waals surface area contributed by atoms with Crippen LogP contribution in [0, 0.1) is 5.41 Å². The molecule has 0 aliphatic heterocycles. The molecule has 0 rings (SSSR count). The summed E-state index contributed by atoms with van der Waals surface area (Å²) in [5, 5.41) is 3.40. The number of hydrogen-bond donors (Lipinski definition) is 1. The van der Waals surface area contributed by atoms with Crippen LogP contribution in [0.25, 0.3) is 0 Å². The summed E-state index contributed by atoms with van der Waals surface area (Å²) in [6, 6.07) is 0.546. The lowest BCUT2D eigenvalue weighted by Gasteiger charge is -2.32. The first kappa shape index (κ1) is 15.4. The second kappa shape index (κ2) is 7.64. The second-order valence-electron chi connectivity index (χ2n) is 5.33. The van der Waals surface area contributed by atoms with Crippen molar-refractivity contribution in [3.8, 4) is 0 Å². The number of hydrogen-bond acceptors (Lipinski definition) is 2. The van der Waals surface area contributed by atoms with Crippen LogP contribution in [0.15, 0.2) is 25.3 Å². The molecular formula is C14H28N2. The van der Waals surface area contributed by atoms with E-state index in [2.05, 4.69) is 44.1 Å². The van der Waals surface area contributed by atoms with Gasteiger partial charge >= 0.3 is 0 Å². The number of nitrogens with zero attached hydrogens (tertiary/aromatic N) is 1. The third-order valence-corrected chi connectivity index (χ3v) is 2.90. The number of rotatable bonds is 8. The lowest BCUT2D eigenvalue weighted by atomic mass is 9.85. The van der Waals surface area contributed by atoms with Crippen LogP contribution in [0.3, 0.4) is 0 Å². The van der Waals surface area contributed by atoms with Crippen molar-refractivity contribution in [1.82, 2.24) is 10.2 Å². The van der Waals surface area contributed by atoms with Crippen molar-refractivity contribution in [1.29, 1.82) is 0 Å². The molecule has 1 N–H and O–H groups in total. The molecule has 1 unspecified atom stereocenters. The molecule has 0 aromatic carbocycles. The quantitative estimate of drug-likeness (QED) is 0.638. The fourth-order valence-corrected chi connectivity index (χ4v) is 1.94. The Kier molecular flexibility index (Phi) is 7.35. The van der Waals surface area contributed by atoms with Gasteiger partial charge in [0.05, 0.1) is 0 Å². The maximum absolute atomic E-state index is 3.79. The van der Waals surface area contributed by atoms with E-state index < -0.39 is 0 Å². The summed E-state index contributed by atoms with van der Waals surface area (Å²) in [5.41, 5.74) is 0.308. The lowest BCUT2D eigenvalue weighted by molar-refractivity contribution is 0.229. The minimum absolute atomic E-state index is 0.308. The topological polar surface area (TPSA) is 15.3 Å². The molecule has 16 heavy (non-hydrogen) atoms. The molecule has 0 aliphatic carbocycles. The summed E-state index contributed by atoms with van der Waals surface area (Å²) in [6.07, 6.45) is 5.06. The summed E-state index contributed by atoms with van der Waals surface area (Å²) in [6.45, 7) is 17.4. The largest absolute Gasteiger partial charge is 0.316 e. The first-order chi connectivity index (χ1) is 7.45. The van der Waals surface area contributed by atoms with E-state index in [1.807, 2.05) is 19.2 Å². The molecule has 0 aromatic heterocycles. The monoisotopic (exact) mass is 224 g/mol. The van der Waals surface area contributed by atoms with Crippen LogP contribution in [0.4, 0.5) is 0 Å². The SMILES string of the molecule is C=CCN(CC=C)CCC(NC)C(C)(C)C. The van der Waals surface area contributed by atoms with Gasteiger partial charge in [-0.15, -0.1) is 13.2 Å². The fourth-order valence-electron chi connectivity index (χ4n) is 1.94. The molecule has 0 saturated heterocycles. The number of nitrogens with one attached hydrogen (secondary N) is 1. The van der Waals surface area contributed by atoms with Crippen LogP contribution in [0.2, 0.25) is 0 Å². The van der Waals surface area contributed by atoms with Gasteiger partial charge in [-0.3, -0.25) is 4.90 Å². The maximum atomic E-state index is 3.79. The van der Waals surface area contributed by atoms with Gasteiger partial charge in [-0.05, 0) is 18.9 Å². The zero-order valence-electron chi connectivity index (χ0n) is 11.4. The first-order valence-corrected chi connectivity index (χ1v) is 6.07. The molecule has 0 aliphatic rings. The molecule has 1 atom stereocenters. The maximum Gasteiger partial charge on any atom is 0.0163 e. The van der Waals surface area contributed by atoms with E-state index in [0.717, 1.165) is 26.1 Å². The Hall–Kier alpha value is -0.600. The molecule has 0 bridgehead atoms. The highest BCUT2D eigenvalue weighted by Crippen LogP contribution is 2.21. The van der Waals surface area contributed by atoms with Gasteiger partial charge in [0, 0.05) is 25.7 Å². The minimum Gasteiger partial charge on any atom is -0.316 e. The molecule has 0 saturated carbocycles. The second-order valence-corrected chi connectivity index (χ2v) is 5.33. The fraction of sp³-hybridized carbons (Fsp3) is 0.714. The Balaban J connectivity index is 4.15. The van der Waals surface area contributed by atoms with E-state index in [4.69, 9.17) is 0 Å². The summed E-state index contributed by atoms with van der Waals surface area (Å²) >= 11 is 0. The van der Waals surface area contributed by atoms with Crippen LogP contribution in [-0.2, 0) is 0 Å². The van der Waals surface area contributed by atoms with Crippen molar-refractivity contribution in [2.24, 2.45) is 5.41 Å². The van der Waals surface area contributed by atoms with Crippen molar-refractivity contribution in [2.45, 2.75) is 33.2 Å². The summed E-state index contributed by atoms with van der Waals surface area (Å²) < 4.78 is 0. The minimum atomic E-state index is 0.308. The third kappa shape index (κ3) is 6.09. The van der Waals surface area contributed by atoms with Gasteiger partial charge < -0.3 is 5.32 Å². The third-order valence-electron chi connectivity index (χ3n) is 2.90. The Morgan fingerprint density at radius 1 is 1.19 bits per heavy atom. The van der Waals surface area contributed by atoms with Crippen LogP contribution in [-0.4, -0.2) is 37.6 Å². The Bertz CT molecular complexity index is 193. The van der Waals surface area contributed by atoms with Crippen molar-refractivity contribution in [3.63, 3.8) is 0 Å². The lowest BCUT2D eigenvalue weighted by Crippen LogP contribution is -2.41. The van der Waals surface area contributed by atoms with Crippen LogP contribution in [0.5, 0.6) is 0 Å². The van der Waals surface area contributed by atoms with Gasteiger partial charge in [0.2, 0.25) is 0 Å². The van der Waals surface area contributed by atoms with Gasteiger partial charge in [0.15, 0.2) is 0 Å². The van der Waals surface area contributed by atoms with Crippen LogP contribution < -0.4 is 5.32 Å². The molecule has 0 spiro atoms. The standard InChI is InChI=1S/C14H28N2/c1-7-10-16(11-8-2)12-9-13(15-6)14(3,4)5/h7-8,13,15H,1-2,9-12H2,3-6H3. The zero-order valence-corrected chi connectivity index (χ0v) is 11.4. The zero-order chi connectivity index (χ0) is 12.6. The first-order valence-electron chi connectivity index (χ1n) is 6.07. The van der Waals surface area contributed by atoms with Gasteiger partial charge in [0.25, 0.3) is 0 Å². The van der Waals surface area contributed by atoms with Crippen molar-refractivity contribution >= 4 is 0 Å². The smallest absolute Gasteiger partial charge is 0.0163 e. The molecule has 0 aromatic rings. The van der Waals surface area contributed by atoms with Crippen LogP contribution in [0.1, 0.15) is 27.2 Å². The highest BCUT2D eigenvalue weighted by Gasteiger charge is 2.22. The Morgan fingerprint density at radius 3 is 2.00 bits per heavy atom. The molecule has 2 heteroatoms.